The molecule has 0 aliphatic rings. The van der Waals surface area contributed by atoms with Crippen molar-refractivity contribution in [2.75, 3.05) is 0 Å². The normalized spacial score (nSPS) is 11.9. The van der Waals surface area contributed by atoms with E-state index in [2.05, 4.69) is 14.9 Å². The van der Waals surface area contributed by atoms with Gasteiger partial charge < -0.3 is 0 Å². The Morgan fingerprint density at radius 1 is 0.964 bits per heavy atom. The molecule has 0 spiro atoms. The molecule has 7 heteroatoms. The van der Waals surface area contributed by atoms with E-state index < -0.39 is 10.0 Å². The molecule has 0 aliphatic carbocycles. The Kier molecular flexibility index (Phi) is 4.67. The molecule has 0 saturated carbocycles. The Morgan fingerprint density at radius 3 is 2.43 bits per heavy atom. The third-order valence-electron chi connectivity index (χ3n) is 4.31. The maximum Gasteiger partial charge on any atom is 0.276 e. The maximum absolute atomic E-state index is 12.4. The van der Waals surface area contributed by atoms with Crippen LogP contribution in [0.2, 0.25) is 0 Å². The van der Waals surface area contributed by atoms with E-state index in [4.69, 9.17) is 0 Å². The number of aromatic nitrogens is 2. The third-order valence-corrected chi connectivity index (χ3v) is 5.54. The highest BCUT2D eigenvalue weighted by molar-refractivity contribution is 7.89. The minimum absolute atomic E-state index is 0.164. The Morgan fingerprint density at radius 2 is 1.68 bits per heavy atom. The van der Waals surface area contributed by atoms with Crippen LogP contribution in [0.3, 0.4) is 0 Å². The van der Waals surface area contributed by atoms with Gasteiger partial charge in [-0.25, -0.2) is 9.82 Å². The lowest BCUT2D eigenvalue weighted by atomic mass is 10.1. The number of benzene rings is 2. The third kappa shape index (κ3) is 3.52. The highest BCUT2D eigenvalue weighted by Gasteiger charge is 2.14. The van der Waals surface area contributed by atoms with Crippen LogP contribution in [-0.4, -0.2) is 24.0 Å². The van der Waals surface area contributed by atoms with Gasteiger partial charge in [0.1, 0.15) is 5.65 Å². The summed E-state index contributed by atoms with van der Waals surface area (Å²) < 4.78 is 26.8. The molecule has 0 saturated heterocycles. The summed E-state index contributed by atoms with van der Waals surface area (Å²) in [5.41, 5.74) is 4.08. The van der Waals surface area contributed by atoms with Crippen LogP contribution < -0.4 is 4.83 Å². The lowest BCUT2D eigenvalue weighted by Gasteiger charge is -2.04. The van der Waals surface area contributed by atoms with Crippen molar-refractivity contribution in [3.63, 3.8) is 0 Å². The van der Waals surface area contributed by atoms with E-state index in [1.165, 1.54) is 6.21 Å². The van der Waals surface area contributed by atoms with Gasteiger partial charge in [0.2, 0.25) is 0 Å². The fraction of sp³-hybridized carbons (Fsp3) is 0.0476. The topological polar surface area (TPSA) is 75.8 Å². The molecule has 4 aromatic rings. The second-order valence-corrected chi connectivity index (χ2v) is 7.97. The second-order valence-electron chi connectivity index (χ2n) is 6.31. The smallest absolute Gasteiger partial charge is 0.276 e. The summed E-state index contributed by atoms with van der Waals surface area (Å²) in [5, 5.41) is 4.00. The average molecular weight is 390 g/mol. The molecule has 2 aromatic heterocycles. The van der Waals surface area contributed by atoms with E-state index in [1.807, 2.05) is 66.1 Å². The molecule has 0 radical (unpaired) electrons. The van der Waals surface area contributed by atoms with Gasteiger partial charge in [0.15, 0.2) is 0 Å². The van der Waals surface area contributed by atoms with Gasteiger partial charge in [0.25, 0.3) is 10.0 Å². The van der Waals surface area contributed by atoms with Crippen LogP contribution in [-0.2, 0) is 10.0 Å². The summed E-state index contributed by atoms with van der Waals surface area (Å²) in [4.78, 5) is 7.10. The summed E-state index contributed by atoms with van der Waals surface area (Å²) in [6.07, 6.45) is 3.35. The largest absolute Gasteiger partial charge is 0.298 e. The van der Waals surface area contributed by atoms with Crippen molar-refractivity contribution >= 4 is 21.9 Å². The molecule has 0 aliphatic heterocycles. The van der Waals surface area contributed by atoms with Gasteiger partial charge in [0.05, 0.1) is 22.5 Å². The highest BCUT2D eigenvalue weighted by atomic mass is 32.2. The molecular formula is C21H18N4O2S. The Labute approximate surface area is 163 Å². The van der Waals surface area contributed by atoms with Crippen LogP contribution in [0.15, 0.2) is 89.0 Å². The van der Waals surface area contributed by atoms with Gasteiger partial charge >= 0.3 is 0 Å². The van der Waals surface area contributed by atoms with E-state index in [0.29, 0.717) is 5.69 Å². The number of pyridine rings is 1. The fourth-order valence-electron chi connectivity index (χ4n) is 2.87. The first-order valence-electron chi connectivity index (χ1n) is 8.69. The summed E-state index contributed by atoms with van der Waals surface area (Å²) >= 11 is 0. The molecule has 140 valence electrons. The Bertz CT molecular complexity index is 1240. The van der Waals surface area contributed by atoms with Gasteiger partial charge in [-0.15, -0.1) is 0 Å². The summed E-state index contributed by atoms with van der Waals surface area (Å²) in [6.45, 7) is 1.90. The van der Waals surface area contributed by atoms with Crippen molar-refractivity contribution in [3.05, 3.63) is 90.3 Å². The van der Waals surface area contributed by atoms with Gasteiger partial charge in [-0.1, -0.05) is 54.1 Å². The highest BCUT2D eigenvalue weighted by Crippen LogP contribution is 2.23. The number of hydrazone groups is 1. The van der Waals surface area contributed by atoms with Crippen LogP contribution >= 0.6 is 0 Å². The molecule has 2 heterocycles. The number of aryl methyl sites for hydroxylation is 1. The van der Waals surface area contributed by atoms with Gasteiger partial charge in [-0.3, -0.25) is 4.40 Å². The minimum atomic E-state index is -3.74. The molecule has 28 heavy (non-hydrogen) atoms. The summed E-state index contributed by atoms with van der Waals surface area (Å²) in [5.74, 6) is 0. The quantitative estimate of drug-likeness (QED) is 0.418. The van der Waals surface area contributed by atoms with Crippen LogP contribution in [0.4, 0.5) is 0 Å². The molecule has 1 N–H and O–H groups in total. The number of nitrogens with one attached hydrogen (secondary N) is 1. The molecule has 0 unspecified atom stereocenters. The van der Waals surface area contributed by atoms with Crippen LogP contribution in [0.5, 0.6) is 0 Å². The number of rotatable bonds is 5. The zero-order valence-electron chi connectivity index (χ0n) is 15.1. The van der Waals surface area contributed by atoms with Gasteiger partial charge in [-0.2, -0.15) is 13.5 Å². The summed E-state index contributed by atoms with van der Waals surface area (Å²) in [7, 11) is -3.74. The van der Waals surface area contributed by atoms with E-state index in [9.17, 15) is 8.42 Å². The second kappa shape index (κ2) is 7.28. The first-order valence-corrected chi connectivity index (χ1v) is 10.2. The van der Waals surface area contributed by atoms with E-state index in [0.717, 1.165) is 22.5 Å². The molecular weight excluding hydrogens is 372 g/mol. The predicted octanol–water partition coefficient (Wildman–Crippen LogP) is 3.62. The van der Waals surface area contributed by atoms with Crippen molar-refractivity contribution in [2.45, 2.75) is 11.8 Å². The fourth-order valence-corrected chi connectivity index (χ4v) is 3.66. The molecule has 6 nitrogen and oxygen atoms in total. The van der Waals surface area contributed by atoms with E-state index >= 15 is 0 Å². The number of nitrogens with zero attached hydrogens (tertiary/aromatic N) is 3. The SMILES string of the molecule is Cc1ccc(S(=O)(=O)N/N=C/c2c(-c3ccccc3)nc3ccccn23)cc1. The van der Waals surface area contributed by atoms with E-state index in [1.54, 1.807) is 24.3 Å². The average Bonchev–Trinajstić information content (AvgIpc) is 3.08. The number of imidazole rings is 1. The summed E-state index contributed by atoms with van der Waals surface area (Å²) in [6, 6.07) is 22.0. The standard InChI is InChI=1S/C21H18N4O2S/c1-16-10-12-18(13-11-16)28(26,27)24-22-15-19-21(17-7-3-2-4-8-17)23-20-9-5-6-14-25(19)20/h2-15,24H,1H3/b22-15+. The first kappa shape index (κ1) is 17.9. The molecule has 0 amide bonds. The molecule has 0 fully saturated rings. The number of hydrogen-bond donors (Lipinski definition) is 1. The number of sulfonamides is 1. The van der Waals surface area contributed by atoms with Crippen molar-refractivity contribution in [2.24, 2.45) is 5.10 Å². The van der Waals surface area contributed by atoms with Gasteiger partial charge in [-0.05, 0) is 31.2 Å². The lowest BCUT2D eigenvalue weighted by molar-refractivity contribution is 0.584. The van der Waals surface area contributed by atoms with Crippen molar-refractivity contribution < 1.29 is 8.42 Å². The number of fused-ring (bicyclic) bond motifs is 1. The number of hydrogen-bond acceptors (Lipinski definition) is 4. The molecule has 2 aromatic carbocycles. The minimum Gasteiger partial charge on any atom is -0.298 e. The molecule has 0 atom stereocenters. The molecule has 4 rings (SSSR count). The lowest BCUT2D eigenvalue weighted by Crippen LogP contribution is -2.18. The molecule has 0 bridgehead atoms. The Hall–Kier alpha value is -3.45. The van der Waals surface area contributed by atoms with Crippen LogP contribution in [0.1, 0.15) is 11.3 Å². The predicted molar refractivity (Wildman–Crippen MR) is 110 cm³/mol. The van der Waals surface area contributed by atoms with E-state index in [-0.39, 0.29) is 4.90 Å². The first-order chi connectivity index (χ1) is 13.5. The zero-order chi connectivity index (χ0) is 19.6. The monoisotopic (exact) mass is 390 g/mol. The van der Waals surface area contributed by atoms with Crippen molar-refractivity contribution in [3.8, 4) is 11.3 Å². The van der Waals surface area contributed by atoms with Crippen LogP contribution in [0, 0.1) is 6.92 Å². The van der Waals surface area contributed by atoms with Crippen molar-refractivity contribution in [1.29, 1.82) is 0 Å². The van der Waals surface area contributed by atoms with Crippen LogP contribution in [0.25, 0.3) is 16.9 Å². The maximum atomic E-state index is 12.4. The zero-order valence-corrected chi connectivity index (χ0v) is 16.0. The van der Waals surface area contributed by atoms with Gasteiger partial charge in [0, 0.05) is 11.8 Å². The Balaban J connectivity index is 1.70. The van der Waals surface area contributed by atoms with Crippen molar-refractivity contribution in [1.82, 2.24) is 14.2 Å².